The third-order valence-corrected chi connectivity index (χ3v) is 3.35. The molecule has 0 saturated heterocycles. The van der Waals surface area contributed by atoms with E-state index in [-0.39, 0.29) is 5.82 Å². The van der Waals surface area contributed by atoms with Gasteiger partial charge in [0.05, 0.1) is 0 Å². The summed E-state index contributed by atoms with van der Waals surface area (Å²) in [6.45, 7) is 0. The average Bonchev–Trinajstić information content (AvgIpc) is 2.49. The van der Waals surface area contributed by atoms with Gasteiger partial charge in [0.25, 0.3) is 0 Å². The van der Waals surface area contributed by atoms with Crippen molar-refractivity contribution in [1.29, 1.82) is 0 Å². The van der Waals surface area contributed by atoms with E-state index in [0.29, 0.717) is 10.8 Å². The minimum absolute atomic E-state index is 0.196. The summed E-state index contributed by atoms with van der Waals surface area (Å²) >= 11 is 12.7. The van der Waals surface area contributed by atoms with Crippen molar-refractivity contribution < 1.29 is 4.52 Å². The maximum Gasteiger partial charge on any atom is 0.188 e. The first kappa shape index (κ1) is 11.0. The Kier molecular flexibility index (Phi) is 3.04. The van der Waals surface area contributed by atoms with Crippen LogP contribution < -0.4 is 5.73 Å². The lowest BCUT2D eigenvalue weighted by Crippen LogP contribution is -1.83. The van der Waals surface area contributed by atoms with Crippen LogP contribution in [-0.4, -0.2) is 5.16 Å². The van der Waals surface area contributed by atoms with Gasteiger partial charge in [-0.25, -0.2) is 0 Å². The second kappa shape index (κ2) is 4.15. The number of halogens is 3. The average molecular weight is 352 g/mol. The smallest absolute Gasteiger partial charge is 0.188 e. The molecule has 0 fully saturated rings. The molecule has 0 bridgehead atoms. The molecule has 0 unspecified atom stereocenters. The minimum atomic E-state index is 0.196. The molecule has 2 aromatic rings. The number of benzene rings is 1. The van der Waals surface area contributed by atoms with Crippen LogP contribution >= 0.6 is 43.5 Å². The lowest BCUT2D eigenvalue weighted by atomic mass is 10.2. The maximum atomic E-state index is 5.94. The molecular weight excluding hydrogens is 347 g/mol. The van der Waals surface area contributed by atoms with Gasteiger partial charge in [0.1, 0.15) is 5.02 Å². The number of hydrogen-bond acceptors (Lipinski definition) is 3. The van der Waals surface area contributed by atoms with Gasteiger partial charge in [-0.1, -0.05) is 32.7 Å². The Labute approximate surface area is 108 Å². The molecule has 0 aliphatic heterocycles. The highest BCUT2D eigenvalue weighted by Gasteiger charge is 2.15. The predicted molar refractivity (Wildman–Crippen MR) is 66.8 cm³/mol. The Morgan fingerprint density at radius 3 is 2.60 bits per heavy atom. The quantitative estimate of drug-likeness (QED) is 0.841. The van der Waals surface area contributed by atoms with Gasteiger partial charge < -0.3 is 10.3 Å². The fraction of sp³-hybridized carbons (Fsp3) is 0. The van der Waals surface area contributed by atoms with E-state index in [9.17, 15) is 0 Å². The van der Waals surface area contributed by atoms with Gasteiger partial charge in [0, 0.05) is 14.5 Å². The molecule has 0 radical (unpaired) electrons. The zero-order valence-electron chi connectivity index (χ0n) is 7.30. The number of nitrogens with two attached hydrogens (primary N) is 1. The molecule has 0 atom stereocenters. The van der Waals surface area contributed by atoms with Crippen molar-refractivity contribution >= 4 is 49.3 Å². The van der Waals surface area contributed by atoms with E-state index in [0.717, 1.165) is 14.5 Å². The maximum absolute atomic E-state index is 5.94. The number of hydrogen-bond donors (Lipinski definition) is 1. The number of aromatic nitrogens is 1. The Balaban J connectivity index is 2.59. The van der Waals surface area contributed by atoms with Crippen LogP contribution in [0.4, 0.5) is 5.82 Å². The summed E-state index contributed by atoms with van der Waals surface area (Å²) < 4.78 is 6.87. The molecule has 1 heterocycles. The number of anilines is 1. The Hall–Kier alpha value is -0.520. The van der Waals surface area contributed by atoms with Crippen LogP contribution in [0.25, 0.3) is 11.3 Å². The fourth-order valence-electron chi connectivity index (χ4n) is 1.13. The van der Waals surface area contributed by atoms with Crippen LogP contribution in [-0.2, 0) is 0 Å². The fourth-order valence-corrected chi connectivity index (χ4v) is 2.53. The van der Waals surface area contributed by atoms with Crippen LogP contribution in [0.15, 0.2) is 31.7 Å². The van der Waals surface area contributed by atoms with Crippen molar-refractivity contribution in [3.63, 3.8) is 0 Å². The lowest BCUT2D eigenvalue weighted by molar-refractivity contribution is 0.435. The first-order chi connectivity index (χ1) is 7.09. The van der Waals surface area contributed by atoms with Crippen molar-refractivity contribution in [2.75, 3.05) is 5.73 Å². The van der Waals surface area contributed by atoms with Gasteiger partial charge in [-0.3, -0.25) is 0 Å². The van der Waals surface area contributed by atoms with Gasteiger partial charge in [-0.05, 0) is 34.1 Å². The first-order valence-electron chi connectivity index (χ1n) is 3.95. The molecule has 0 amide bonds. The topological polar surface area (TPSA) is 52.0 Å². The number of nitrogens with zero attached hydrogens (tertiary/aromatic N) is 1. The van der Waals surface area contributed by atoms with Crippen LogP contribution in [0.2, 0.25) is 5.02 Å². The van der Waals surface area contributed by atoms with Gasteiger partial charge >= 0.3 is 0 Å². The Bertz CT molecular complexity index is 513. The Morgan fingerprint density at radius 2 is 2.07 bits per heavy atom. The van der Waals surface area contributed by atoms with Gasteiger partial charge in [0.2, 0.25) is 0 Å². The molecule has 0 aliphatic rings. The van der Waals surface area contributed by atoms with Crippen LogP contribution in [0.3, 0.4) is 0 Å². The molecular formula is C9H5Br2ClN2O. The molecule has 2 N–H and O–H groups in total. The summed E-state index contributed by atoms with van der Waals surface area (Å²) in [7, 11) is 0. The molecule has 6 heteroatoms. The van der Waals surface area contributed by atoms with Gasteiger partial charge in [-0.15, -0.1) is 0 Å². The molecule has 78 valence electrons. The monoisotopic (exact) mass is 350 g/mol. The second-order valence-corrected chi connectivity index (χ2v) is 4.98. The van der Waals surface area contributed by atoms with Gasteiger partial charge in [-0.2, -0.15) is 0 Å². The Morgan fingerprint density at radius 1 is 1.33 bits per heavy atom. The third kappa shape index (κ3) is 2.04. The molecule has 1 aromatic heterocycles. The van der Waals surface area contributed by atoms with Gasteiger partial charge in [0.15, 0.2) is 11.6 Å². The molecule has 0 saturated carbocycles. The van der Waals surface area contributed by atoms with Crippen molar-refractivity contribution in [2.24, 2.45) is 0 Å². The van der Waals surface area contributed by atoms with Crippen LogP contribution in [0.1, 0.15) is 0 Å². The summed E-state index contributed by atoms with van der Waals surface area (Å²) in [5, 5.41) is 3.93. The molecule has 0 spiro atoms. The van der Waals surface area contributed by atoms with E-state index in [1.54, 1.807) is 0 Å². The highest BCUT2D eigenvalue weighted by molar-refractivity contribution is 9.11. The normalized spacial score (nSPS) is 10.6. The molecule has 0 aliphatic carbocycles. The summed E-state index contributed by atoms with van der Waals surface area (Å²) in [4.78, 5) is 0. The van der Waals surface area contributed by atoms with Crippen LogP contribution in [0.5, 0.6) is 0 Å². The van der Waals surface area contributed by atoms with E-state index < -0.39 is 0 Å². The number of rotatable bonds is 1. The lowest BCUT2D eigenvalue weighted by Gasteiger charge is -2.00. The van der Waals surface area contributed by atoms with Crippen molar-refractivity contribution in [3.8, 4) is 11.3 Å². The molecule has 2 rings (SSSR count). The van der Waals surface area contributed by atoms with E-state index in [4.69, 9.17) is 21.9 Å². The zero-order valence-corrected chi connectivity index (χ0v) is 11.2. The largest absolute Gasteiger partial charge is 0.380 e. The molecule has 3 nitrogen and oxygen atoms in total. The van der Waals surface area contributed by atoms with Crippen molar-refractivity contribution in [2.45, 2.75) is 0 Å². The van der Waals surface area contributed by atoms with Crippen LogP contribution in [0, 0.1) is 0 Å². The summed E-state index contributed by atoms with van der Waals surface area (Å²) in [5.74, 6) is 0.662. The molecule has 1 aromatic carbocycles. The summed E-state index contributed by atoms with van der Waals surface area (Å²) in [6, 6.07) is 5.64. The van der Waals surface area contributed by atoms with E-state index in [2.05, 4.69) is 37.0 Å². The van der Waals surface area contributed by atoms with E-state index in [1.807, 2.05) is 18.2 Å². The van der Waals surface area contributed by atoms with Crippen molar-refractivity contribution in [1.82, 2.24) is 5.16 Å². The number of nitrogen functional groups attached to an aromatic ring is 1. The van der Waals surface area contributed by atoms with Crippen molar-refractivity contribution in [3.05, 3.63) is 32.2 Å². The first-order valence-corrected chi connectivity index (χ1v) is 5.92. The third-order valence-electron chi connectivity index (χ3n) is 1.84. The second-order valence-electron chi connectivity index (χ2n) is 2.84. The van der Waals surface area contributed by atoms with E-state index in [1.165, 1.54) is 0 Å². The summed E-state index contributed by atoms with van der Waals surface area (Å²) in [6.07, 6.45) is 0. The standard InChI is InChI=1S/C9H5Br2ClN2O/c10-4-1-2-5(6(11)3-4)8-7(12)9(13)14-15-8/h1-3H,(H2,13,14). The minimum Gasteiger partial charge on any atom is -0.380 e. The predicted octanol–water partition coefficient (Wildman–Crippen LogP) is 4.10. The SMILES string of the molecule is Nc1noc(-c2ccc(Br)cc2Br)c1Cl. The zero-order chi connectivity index (χ0) is 11.0. The highest BCUT2D eigenvalue weighted by atomic mass is 79.9. The van der Waals surface area contributed by atoms with E-state index >= 15 is 0 Å². The highest BCUT2D eigenvalue weighted by Crippen LogP contribution is 2.37. The summed E-state index contributed by atoms with van der Waals surface area (Å²) in [5.41, 5.74) is 6.31. The molecule has 15 heavy (non-hydrogen) atoms.